The standard InChI is InChI=1S/C18H24N2O12/c1-9(21)28-8-15(29-10(2)22)17(31-12(4)24)18(32-13(5)25)16(30-11(3)23)14(6-19)7-20(26)27/h14-18H,7-8H2,1-5H3/t14-,15-,16-,17-,18-/m1/s1. The Morgan fingerprint density at radius 3 is 1.59 bits per heavy atom. The van der Waals surface area contributed by atoms with Crippen molar-refractivity contribution in [2.75, 3.05) is 13.2 Å². The van der Waals surface area contributed by atoms with Crippen LogP contribution in [0.3, 0.4) is 0 Å². The Labute approximate surface area is 182 Å². The average molecular weight is 460 g/mol. The molecule has 0 saturated carbocycles. The fourth-order valence-corrected chi connectivity index (χ4v) is 2.62. The van der Waals surface area contributed by atoms with Gasteiger partial charge in [-0.25, -0.2) is 0 Å². The first-order chi connectivity index (χ1) is 14.8. The monoisotopic (exact) mass is 460 g/mol. The molecule has 0 rings (SSSR count). The van der Waals surface area contributed by atoms with Gasteiger partial charge in [0.2, 0.25) is 6.54 Å². The van der Waals surface area contributed by atoms with Gasteiger partial charge in [-0.2, -0.15) is 5.26 Å². The minimum absolute atomic E-state index is 0.677. The predicted octanol–water partition coefficient (Wildman–Crippen LogP) is -0.307. The molecule has 0 bridgehead atoms. The molecule has 0 aliphatic carbocycles. The molecule has 0 N–H and O–H groups in total. The number of ether oxygens (including phenoxy) is 5. The van der Waals surface area contributed by atoms with Gasteiger partial charge in [-0.1, -0.05) is 0 Å². The van der Waals surface area contributed by atoms with Crippen LogP contribution >= 0.6 is 0 Å². The topological polar surface area (TPSA) is 198 Å². The number of nitro groups is 1. The minimum Gasteiger partial charge on any atom is -0.462 e. The summed E-state index contributed by atoms with van der Waals surface area (Å²) in [5.74, 6) is -6.35. The number of hydrogen-bond acceptors (Lipinski definition) is 13. The Morgan fingerprint density at radius 2 is 1.22 bits per heavy atom. The number of nitriles is 1. The highest BCUT2D eigenvalue weighted by molar-refractivity contribution is 5.69. The van der Waals surface area contributed by atoms with Gasteiger partial charge in [0.25, 0.3) is 0 Å². The maximum atomic E-state index is 11.8. The van der Waals surface area contributed by atoms with Gasteiger partial charge < -0.3 is 23.7 Å². The molecule has 32 heavy (non-hydrogen) atoms. The lowest BCUT2D eigenvalue weighted by Gasteiger charge is -2.36. The van der Waals surface area contributed by atoms with Gasteiger partial charge in [0.05, 0.1) is 6.07 Å². The van der Waals surface area contributed by atoms with Gasteiger partial charge in [0.15, 0.2) is 30.3 Å². The molecule has 5 atom stereocenters. The van der Waals surface area contributed by atoms with Gasteiger partial charge in [-0.05, 0) is 0 Å². The highest BCUT2D eigenvalue weighted by Crippen LogP contribution is 2.24. The largest absolute Gasteiger partial charge is 0.462 e. The van der Waals surface area contributed by atoms with E-state index in [0.717, 1.165) is 34.6 Å². The van der Waals surface area contributed by atoms with Crippen LogP contribution < -0.4 is 0 Å². The molecular formula is C18H24N2O12. The Morgan fingerprint density at radius 1 is 0.781 bits per heavy atom. The second kappa shape index (κ2) is 13.5. The summed E-state index contributed by atoms with van der Waals surface area (Å²) in [5.41, 5.74) is 0. The van der Waals surface area contributed by atoms with Crippen LogP contribution in [0.5, 0.6) is 0 Å². The molecular weight excluding hydrogens is 436 g/mol. The van der Waals surface area contributed by atoms with E-state index in [1.165, 1.54) is 0 Å². The number of esters is 5. The van der Waals surface area contributed by atoms with Crippen LogP contribution in [0.1, 0.15) is 34.6 Å². The van der Waals surface area contributed by atoms with Crippen LogP contribution in [-0.4, -0.2) is 72.3 Å². The van der Waals surface area contributed by atoms with Gasteiger partial charge in [0.1, 0.15) is 6.61 Å². The Kier molecular flexibility index (Phi) is 11.9. The summed E-state index contributed by atoms with van der Waals surface area (Å²) in [4.78, 5) is 68.1. The Hall–Kier alpha value is -3.76. The second-order valence-corrected chi connectivity index (χ2v) is 6.42. The summed E-state index contributed by atoms with van der Waals surface area (Å²) in [6.07, 6.45) is -7.01. The zero-order chi connectivity index (χ0) is 25.0. The zero-order valence-corrected chi connectivity index (χ0v) is 18.1. The molecule has 0 aromatic rings. The van der Waals surface area contributed by atoms with E-state index >= 15 is 0 Å². The van der Waals surface area contributed by atoms with Gasteiger partial charge in [-0.3, -0.25) is 34.1 Å². The smallest absolute Gasteiger partial charge is 0.303 e. The molecule has 0 saturated heterocycles. The summed E-state index contributed by atoms with van der Waals surface area (Å²) in [6, 6.07) is 1.59. The Balaban J connectivity index is 6.59. The van der Waals surface area contributed by atoms with Crippen molar-refractivity contribution < 1.29 is 52.6 Å². The van der Waals surface area contributed by atoms with Crippen LogP contribution in [0.4, 0.5) is 0 Å². The van der Waals surface area contributed by atoms with E-state index in [-0.39, 0.29) is 0 Å². The molecule has 0 aromatic heterocycles. The number of carbonyl (C=O) groups is 5. The van der Waals surface area contributed by atoms with E-state index in [9.17, 15) is 39.3 Å². The molecule has 0 aliphatic rings. The molecule has 178 valence electrons. The molecule has 14 heteroatoms. The molecule has 14 nitrogen and oxygen atoms in total. The van der Waals surface area contributed by atoms with Gasteiger partial charge in [0, 0.05) is 39.5 Å². The molecule has 0 aromatic carbocycles. The SMILES string of the molecule is CC(=O)OC[C@@H](OC(C)=O)[C@@H](OC(C)=O)[C@H](OC(C)=O)[C@H](OC(C)=O)[C@H](C#N)C[N+](=O)[O-]. The number of hydrogen-bond donors (Lipinski definition) is 0. The summed E-state index contributed by atoms with van der Waals surface area (Å²) in [5, 5.41) is 20.4. The first-order valence-electron chi connectivity index (χ1n) is 9.12. The van der Waals surface area contributed by atoms with E-state index in [2.05, 4.69) is 0 Å². The minimum atomic E-state index is -1.84. The third-order valence-corrected chi connectivity index (χ3v) is 3.60. The maximum Gasteiger partial charge on any atom is 0.303 e. The average Bonchev–Trinajstić information content (AvgIpc) is 2.63. The van der Waals surface area contributed by atoms with Crippen molar-refractivity contribution in [2.45, 2.75) is 59.0 Å². The van der Waals surface area contributed by atoms with E-state index in [4.69, 9.17) is 23.7 Å². The van der Waals surface area contributed by atoms with Gasteiger partial charge in [-0.15, -0.1) is 0 Å². The fourth-order valence-electron chi connectivity index (χ4n) is 2.62. The normalized spacial score (nSPS) is 14.9. The highest BCUT2D eigenvalue weighted by Gasteiger charge is 2.48. The highest BCUT2D eigenvalue weighted by atomic mass is 16.6. The van der Waals surface area contributed by atoms with Crippen molar-refractivity contribution in [2.24, 2.45) is 5.92 Å². The molecule has 0 heterocycles. The third kappa shape index (κ3) is 10.9. The summed E-state index contributed by atoms with van der Waals surface area (Å²) in [7, 11) is 0. The van der Waals surface area contributed by atoms with E-state index in [1.54, 1.807) is 6.07 Å². The molecule has 0 spiro atoms. The van der Waals surface area contributed by atoms with E-state index in [0.29, 0.717) is 0 Å². The van der Waals surface area contributed by atoms with Crippen LogP contribution in [0.15, 0.2) is 0 Å². The lowest BCUT2D eigenvalue weighted by molar-refractivity contribution is -0.488. The van der Waals surface area contributed by atoms with E-state index in [1.807, 2.05) is 0 Å². The lowest BCUT2D eigenvalue weighted by Crippen LogP contribution is -2.55. The molecule has 0 radical (unpaired) electrons. The quantitative estimate of drug-likeness (QED) is 0.159. The first kappa shape index (κ1) is 28.2. The van der Waals surface area contributed by atoms with Crippen LogP contribution in [0.2, 0.25) is 0 Å². The van der Waals surface area contributed by atoms with Crippen molar-refractivity contribution in [1.29, 1.82) is 5.26 Å². The molecule has 0 fully saturated rings. The van der Waals surface area contributed by atoms with Crippen molar-refractivity contribution in [3.63, 3.8) is 0 Å². The summed E-state index contributed by atoms with van der Waals surface area (Å²) < 4.78 is 25.1. The van der Waals surface area contributed by atoms with Crippen molar-refractivity contribution in [3.05, 3.63) is 10.1 Å². The lowest BCUT2D eigenvalue weighted by atomic mass is 9.92. The Bertz CT molecular complexity index is 774. The van der Waals surface area contributed by atoms with Crippen LogP contribution in [-0.2, 0) is 47.7 Å². The van der Waals surface area contributed by atoms with Gasteiger partial charge >= 0.3 is 29.8 Å². The zero-order valence-electron chi connectivity index (χ0n) is 18.1. The van der Waals surface area contributed by atoms with Crippen molar-refractivity contribution in [3.8, 4) is 6.07 Å². The maximum absolute atomic E-state index is 11.8. The summed E-state index contributed by atoms with van der Waals surface area (Å²) in [6.45, 7) is 3.14. The fraction of sp³-hybridized carbons (Fsp3) is 0.667. The summed E-state index contributed by atoms with van der Waals surface area (Å²) >= 11 is 0. The van der Waals surface area contributed by atoms with Crippen molar-refractivity contribution >= 4 is 29.8 Å². The first-order valence-corrected chi connectivity index (χ1v) is 9.12. The van der Waals surface area contributed by atoms with E-state index < -0.39 is 78.3 Å². The molecule has 0 unspecified atom stereocenters. The predicted molar refractivity (Wildman–Crippen MR) is 99.8 cm³/mol. The number of nitrogens with zero attached hydrogens (tertiary/aromatic N) is 2. The van der Waals surface area contributed by atoms with Crippen LogP contribution in [0, 0.1) is 27.4 Å². The third-order valence-electron chi connectivity index (χ3n) is 3.60. The molecule has 0 amide bonds. The number of carbonyl (C=O) groups excluding carboxylic acids is 5. The number of rotatable bonds is 12. The second-order valence-electron chi connectivity index (χ2n) is 6.42. The van der Waals surface area contributed by atoms with Crippen molar-refractivity contribution in [1.82, 2.24) is 0 Å². The molecule has 0 aliphatic heterocycles. The van der Waals surface area contributed by atoms with Crippen LogP contribution in [0.25, 0.3) is 0 Å².